The van der Waals surface area contributed by atoms with Gasteiger partial charge in [0.2, 0.25) is 10.2 Å². The summed E-state index contributed by atoms with van der Waals surface area (Å²) in [5.41, 5.74) is 4.08. The van der Waals surface area contributed by atoms with E-state index < -0.39 is 0 Å². The van der Waals surface area contributed by atoms with Crippen LogP contribution in [0.2, 0.25) is 0 Å². The summed E-state index contributed by atoms with van der Waals surface area (Å²) in [4.78, 5) is 23.9. The van der Waals surface area contributed by atoms with Gasteiger partial charge in [0.05, 0.1) is 19.7 Å². The van der Waals surface area contributed by atoms with Crippen molar-refractivity contribution in [1.82, 2.24) is 0 Å². The molecular weight excluding hydrogens is 601 g/mol. The van der Waals surface area contributed by atoms with E-state index in [9.17, 15) is 9.59 Å². The lowest BCUT2D eigenvalue weighted by Gasteiger charge is -2.25. The minimum absolute atomic E-state index is 0.118. The molecule has 2 saturated heterocycles. The summed E-state index contributed by atoms with van der Waals surface area (Å²) in [6, 6.07) is 9.23. The average Bonchev–Trinajstić information content (AvgIpc) is 3.52. The molecule has 2 nitrogen and oxygen atoms in total. The highest BCUT2D eigenvalue weighted by atomic mass is 32.2. The van der Waals surface area contributed by atoms with Gasteiger partial charge in [-0.15, -0.1) is 47.0 Å². The van der Waals surface area contributed by atoms with Crippen molar-refractivity contribution in [2.45, 2.75) is 44.0 Å². The van der Waals surface area contributed by atoms with E-state index in [4.69, 9.17) is 0 Å². The van der Waals surface area contributed by atoms with Gasteiger partial charge in [0.1, 0.15) is 0 Å². The number of thioether (sulfide) groups is 8. The zero-order valence-electron chi connectivity index (χ0n) is 21.1. The summed E-state index contributed by atoms with van der Waals surface area (Å²) in [5, 5.41) is 2.09. The minimum Gasteiger partial charge on any atom is -0.282 e. The number of hydrogen-bond donors (Lipinski definition) is 0. The molecule has 10 heteroatoms. The zero-order valence-corrected chi connectivity index (χ0v) is 27.6. The van der Waals surface area contributed by atoms with E-state index in [1.165, 1.54) is 34.7 Å². The van der Waals surface area contributed by atoms with Crippen molar-refractivity contribution < 1.29 is 9.59 Å². The Balaban J connectivity index is 1.61. The Kier molecular flexibility index (Phi) is 13.6. The fraction of sp³-hybridized carbons (Fsp3) is 0.538. The first-order chi connectivity index (χ1) is 17.2. The van der Waals surface area contributed by atoms with Gasteiger partial charge in [-0.1, -0.05) is 60.9 Å². The van der Waals surface area contributed by atoms with Crippen molar-refractivity contribution in [1.29, 1.82) is 0 Å². The summed E-state index contributed by atoms with van der Waals surface area (Å²) in [6.45, 7) is 11.1. The Hall–Kier alpha value is 0.840. The van der Waals surface area contributed by atoms with E-state index in [-0.39, 0.29) is 10.2 Å². The van der Waals surface area contributed by atoms with Crippen LogP contribution in [0.5, 0.6) is 0 Å². The maximum atomic E-state index is 12.0. The van der Waals surface area contributed by atoms with Crippen LogP contribution >= 0.6 is 94.1 Å². The van der Waals surface area contributed by atoms with Crippen LogP contribution in [0, 0.1) is 0 Å². The summed E-state index contributed by atoms with van der Waals surface area (Å²) in [5.74, 6) is 3.92. The van der Waals surface area contributed by atoms with Gasteiger partial charge in [-0.3, -0.25) is 9.59 Å². The molecular formula is C26H34O2S8. The summed E-state index contributed by atoms with van der Waals surface area (Å²) >= 11 is 14.9. The second kappa shape index (κ2) is 15.6. The largest absolute Gasteiger partial charge is 0.282 e. The first kappa shape index (κ1) is 31.4. The third kappa shape index (κ3) is 8.93. The third-order valence-corrected chi connectivity index (χ3v) is 18.0. The quantitative estimate of drug-likeness (QED) is 0.209. The van der Waals surface area contributed by atoms with Gasteiger partial charge < -0.3 is 0 Å². The van der Waals surface area contributed by atoms with Gasteiger partial charge >= 0.3 is 0 Å². The van der Waals surface area contributed by atoms with E-state index in [0.717, 1.165) is 23.0 Å². The molecule has 2 heterocycles. The van der Waals surface area contributed by atoms with Crippen molar-refractivity contribution in [2.75, 3.05) is 35.5 Å². The number of benzene rings is 1. The predicted molar refractivity (Wildman–Crippen MR) is 179 cm³/mol. The average molecular weight is 635 g/mol. The summed E-state index contributed by atoms with van der Waals surface area (Å²) < 4.78 is 0.993. The number of carbonyl (C=O) groups excluding carboxylic acids is 2. The standard InChI is InChI=1S/C26H34O2S8/c1-15(2)23(27)31-11-19-13-33-25(35-19)21(29-5)17-8-7-9-18(10-17)22(30-6)26-34-14-20(36-26)12-32-24(28)16(3)4/h7-10,19-22,25-26H,1,3,11-14H2,2,4-6H3. The topological polar surface area (TPSA) is 34.1 Å². The van der Waals surface area contributed by atoms with Crippen LogP contribution in [0.1, 0.15) is 35.5 Å². The van der Waals surface area contributed by atoms with Crippen molar-refractivity contribution in [2.24, 2.45) is 0 Å². The summed E-state index contributed by atoms with van der Waals surface area (Å²) in [7, 11) is 0. The smallest absolute Gasteiger partial charge is 0.214 e. The normalized spacial score (nSPS) is 25.4. The highest BCUT2D eigenvalue weighted by molar-refractivity contribution is 8.23. The van der Waals surface area contributed by atoms with Crippen LogP contribution in [0.25, 0.3) is 0 Å². The number of rotatable bonds is 12. The maximum absolute atomic E-state index is 12.0. The van der Waals surface area contributed by atoms with Gasteiger partial charge in [-0.2, -0.15) is 23.5 Å². The molecule has 0 spiro atoms. The molecule has 3 rings (SSSR count). The number of carbonyl (C=O) groups is 2. The first-order valence-electron chi connectivity index (χ1n) is 11.6. The molecule has 0 bridgehead atoms. The monoisotopic (exact) mass is 634 g/mol. The third-order valence-electron chi connectivity index (χ3n) is 5.61. The summed E-state index contributed by atoms with van der Waals surface area (Å²) in [6.07, 6.45) is 4.43. The second-order valence-electron chi connectivity index (χ2n) is 8.66. The molecule has 6 atom stereocenters. The van der Waals surface area contributed by atoms with Crippen molar-refractivity contribution >= 4 is 104 Å². The molecule has 0 N–H and O–H groups in total. The second-order valence-corrected chi connectivity index (χ2v) is 18.4. The first-order valence-corrected chi connectivity index (χ1v) is 20.1. The van der Waals surface area contributed by atoms with Crippen LogP contribution in [-0.4, -0.2) is 65.4 Å². The Morgan fingerprint density at radius 3 is 1.64 bits per heavy atom. The fourth-order valence-electron chi connectivity index (χ4n) is 3.74. The van der Waals surface area contributed by atoms with Crippen molar-refractivity contribution in [3.05, 3.63) is 59.7 Å². The molecule has 2 aliphatic heterocycles. The molecule has 2 aliphatic rings. The SMILES string of the molecule is C=C(C)C(=O)SCC1CSC(C(SC)c2cccc(C(SC)C3SCC(CSC(=O)C(=C)C)S3)c2)S1. The molecule has 1 aromatic rings. The molecule has 198 valence electrons. The Morgan fingerprint density at radius 1 is 0.861 bits per heavy atom. The van der Waals surface area contributed by atoms with E-state index >= 15 is 0 Å². The zero-order chi connectivity index (χ0) is 26.2. The van der Waals surface area contributed by atoms with Crippen LogP contribution in [0.3, 0.4) is 0 Å². The Labute approximate surface area is 251 Å². The molecule has 2 fully saturated rings. The van der Waals surface area contributed by atoms with Gasteiger partial charge in [0, 0.05) is 33.5 Å². The molecule has 0 aromatic heterocycles. The molecule has 0 saturated carbocycles. The Morgan fingerprint density at radius 2 is 1.28 bits per heavy atom. The highest BCUT2D eigenvalue weighted by Crippen LogP contribution is 2.53. The lowest BCUT2D eigenvalue weighted by molar-refractivity contribution is -0.108. The highest BCUT2D eigenvalue weighted by Gasteiger charge is 2.35. The molecule has 1 aromatic carbocycles. The van der Waals surface area contributed by atoms with E-state index in [1.807, 2.05) is 70.6 Å². The van der Waals surface area contributed by atoms with E-state index in [2.05, 4.69) is 49.9 Å². The molecule has 36 heavy (non-hydrogen) atoms. The Bertz CT molecular complexity index is 880. The lowest BCUT2D eigenvalue weighted by Crippen LogP contribution is -2.12. The van der Waals surface area contributed by atoms with E-state index in [0.29, 0.717) is 41.3 Å². The molecule has 6 unspecified atom stereocenters. The van der Waals surface area contributed by atoms with Crippen LogP contribution < -0.4 is 0 Å². The number of hydrogen-bond acceptors (Lipinski definition) is 10. The minimum atomic E-state index is 0.118. The van der Waals surface area contributed by atoms with Crippen molar-refractivity contribution in [3.8, 4) is 0 Å². The van der Waals surface area contributed by atoms with Crippen LogP contribution in [0.15, 0.2) is 48.6 Å². The predicted octanol–water partition coefficient (Wildman–Crippen LogP) is 8.52. The van der Waals surface area contributed by atoms with Crippen LogP contribution in [0.4, 0.5) is 0 Å². The van der Waals surface area contributed by atoms with E-state index in [1.54, 1.807) is 13.8 Å². The van der Waals surface area contributed by atoms with Gasteiger partial charge in [-0.25, -0.2) is 0 Å². The maximum Gasteiger partial charge on any atom is 0.214 e. The fourth-order valence-corrected chi connectivity index (χ4v) is 16.2. The molecule has 0 aliphatic carbocycles. The molecule has 0 radical (unpaired) electrons. The molecule has 0 amide bonds. The van der Waals surface area contributed by atoms with Gasteiger partial charge in [0.25, 0.3) is 0 Å². The van der Waals surface area contributed by atoms with Crippen molar-refractivity contribution in [3.63, 3.8) is 0 Å². The lowest BCUT2D eigenvalue weighted by atomic mass is 10.1. The van der Waals surface area contributed by atoms with Gasteiger partial charge in [-0.05, 0) is 48.6 Å². The van der Waals surface area contributed by atoms with Crippen LogP contribution in [-0.2, 0) is 9.59 Å². The van der Waals surface area contributed by atoms with Gasteiger partial charge in [0.15, 0.2) is 0 Å².